The van der Waals surface area contributed by atoms with Gasteiger partial charge in [-0.25, -0.2) is 0 Å². The average molecular weight is 247 g/mol. The lowest BCUT2D eigenvalue weighted by atomic mass is 10.0. The minimum Gasteiger partial charge on any atom is -0.497 e. The standard InChI is InChI=1S/C15H21NO2/c1-3-9-16-15(14-8-5-10-18-14)12-6-4-7-13(11-12)17-2/h4,6-8,11,15-16H,3,5,9-10H2,1-2H3. The van der Waals surface area contributed by atoms with Crippen LogP contribution in [-0.2, 0) is 4.74 Å². The van der Waals surface area contributed by atoms with E-state index in [0.29, 0.717) is 0 Å². The van der Waals surface area contributed by atoms with E-state index in [9.17, 15) is 0 Å². The number of hydrogen-bond acceptors (Lipinski definition) is 3. The van der Waals surface area contributed by atoms with Gasteiger partial charge in [-0.3, -0.25) is 0 Å². The van der Waals surface area contributed by atoms with Crippen LogP contribution in [0.25, 0.3) is 0 Å². The lowest BCUT2D eigenvalue weighted by molar-refractivity contribution is 0.215. The zero-order valence-corrected chi connectivity index (χ0v) is 11.1. The van der Waals surface area contributed by atoms with E-state index in [-0.39, 0.29) is 6.04 Å². The molecule has 1 aromatic carbocycles. The van der Waals surface area contributed by atoms with Crippen molar-refractivity contribution in [1.82, 2.24) is 5.32 Å². The van der Waals surface area contributed by atoms with Crippen molar-refractivity contribution >= 4 is 0 Å². The van der Waals surface area contributed by atoms with Crippen molar-refractivity contribution in [2.24, 2.45) is 0 Å². The van der Waals surface area contributed by atoms with Crippen molar-refractivity contribution in [1.29, 1.82) is 0 Å². The average Bonchev–Trinajstić information content (AvgIpc) is 2.93. The highest BCUT2D eigenvalue weighted by Gasteiger charge is 2.20. The Kier molecular flexibility index (Phi) is 4.65. The second-order valence-electron chi connectivity index (χ2n) is 4.41. The second-order valence-corrected chi connectivity index (χ2v) is 4.41. The number of nitrogens with one attached hydrogen (secondary N) is 1. The summed E-state index contributed by atoms with van der Waals surface area (Å²) in [5.74, 6) is 1.92. The molecule has 0 radical (unpaired) electrons. The zero-order valence-electron chi connectivity index (χ0n) is 11.1. The fourth-order valence-electron chi connectivity index (χ4n) is 2.13. The summed E-state index contributed by atoms with van der Waals surface area (Å²) >= 11 is 0. The monoisotopic (exact) mass is 247 g/mol. The molecule has 1 aromatic rings. The Morgan fingerprint density at radius 1 is 1.44 bits per heavy atom. The van der Waals surface area contributed by atoms with Gasteiger partial charge in [-0.05, 0) is 36.7 Å². The van der Waals surface area contributed by atoms with Gasteiger partial charge in [-0.15, -0.1) is 0 Å². The molecule has 0 amide bonds. The fraction of sp³-hybridized carbons (Fsp3) is 0.467. The molecule has 18 heavy (non-hydrogen) atoms. The predicted molar refractivity (Wildman–Crippen MR) is 72.7 cm³/mol. The zero-order chi connectivity index (χ0) is 12.8. The van der Waals surface area contributed by atoms with Crippen LogP contribution in [0.4, 0.5) is 0 Å². The number of rotatable bonds is 6. The Balaban J connectivity index is 2.20. The van der Waals surface area contributed by atoms with E-state index in [2.05, 4.69) is 30.4 Å². The molecular formula is C15H21NO2. The summed E-state index contributed by atoms with van der Waals surface area (Å²) in [7, 11) is 1.69. The smallest absolute Gasteiger partial charge is 0.119 e. The van der Waals surface area contributed by atoms with E-state index >= 15 is 0 Å². The third kappa shape index (κ3) is 3.05. The molecule has 0 fully saturated rings. The second kappa shape index (κ2) is 6.45. The van der Waals surface area contributed by atoms with Gasteiger partial charge < -0.3 is 14.8 Å². The van der Waals surface area contributed by atoms with Gasteiger partial charge in [0.2, 0.25) is 0 Å². The first-order valence-corrected chi connectivity index (χ1v) is 6.55. The predicted octanol–water partition coefficient (Wildman–Crippen LogP) is 3.04. The van der Waals surface area contributed by atoms with E-state index in [1.165, 1.54) is 5.56 Å². The number of hydrogen-bond donors (Lipinski definition) is 1. The molecule has 0 aliphatic carbocycles. The normalized spacial score (nSPS) is 16.0. The molecular weight excluding hydrogens is 226 g/mol. The van der Waals surface area contributed by atoms with Crippen molar-refractivity contribution in [2.75, 3.05) is 20.3 Å². The van der Waals surface area contributed by atoms with Gasteiger partial charge in [0.05, 0.1) is 19.8 Å². The van der Waals surface area contributed by atoms with Crippen molar-refractivity contribution in [3.05, 3.63) is 41.7 Å². The number of methoxy groups -OCH3 is 1. The van der Waals surface area contributed by atoms with Gasteiger partial charge in [0.15, 0.2) is 0 Å². The fourth-order valence-corrected chi connectivity index (χ4v) is 2.13. The van der Waals surface area contributed by atoms with Crippen LogP contribution in [0.2, 0.25) is 0 Å². The minimum absolute atomic E-state index is 0.141. The van der Waals surface area contributed by atoms with E-state index in [1.807, 2.05) is 12.1 Å². The van der Waals surface area contributed by atoms with Gasteiger partial charge in [0, 0.05) is 6.42 Å². The van der Waals surface area contributed by atoms with Crippen molar-refractivity contribution in [3.63, 3.8) is 0 Å². The molecule has 0 bridgehead atoms. The topological polar surface area (TPSA) is 30.5 Å². The third-order valence-corrected chi connectivity index (χ3v) is 3.04. The molecule has 1 heterocycles. The molecule has 1 atom stereocenters. The molecule has 0 saturated heterocycles. The first kappa shape index (κ1) is 13.0. The van der Waals surface area contributed by atoms with Crippen LogP contribution in [0, 0.1) is 0 Å². The summed E-state index contributed by atoms with van der Waals surface area (Å²) in [5.41, 5.74) is 1.19. The molecule has 3 nitrogen and oxygen atoms in total. The lowest BCUT2D eigenvalue weighted by Gasteiger charge is -2.20. The summed E-state index contributed by atoms with van der Waals surface area (Å²) < 4.78 is 11.0. The Bertz CT molecular complexity index is 415. The highest BCUT2D eigenvalue weighted by molar-refractivity contribution is 5.34. The molecule has 0 spiro atoms. The summed E-state index contributed by atoms with van der Waals surface area (Å²) in [6.45, 7) is 3.94. The molecule has 1 aliphatic heterocycles. The van der Waals surface area contributed by atoms with Crippen LogP contribution < -0.4 is 10.1 Å². The van der Waals surface area contributed by atoms with Crippen molar-refractivity contribution in [2.45, 2.75) is 25.8 Å². The number of benzene rings is 1. The van der Waals surface area contributed by atoms with Gasteiger partial charge in [0.1, 0.15) is 11.5 Å². The molecule has 1 unspecified atom stereocenters. The molecule has 1 aliphatic rings. The van der Waals surface area contributed by atoms with Gasteiger partial charge in [0.25, 0.3) is 0 Å². The summed E-state index contributed by atoms with van der Waals surface area (Å²) in [5, 5.41) is 3.53. The van der Waals surface area contributed by atoms with Gasteiger partial charge in [-0.2, -0.15) is 0 Å². The molecule has 0 aromatic heterocycles. The van der Waals surface area contributed by atoms with Crippen LogP contribution in [0.3, 0.4) is 0 Å². The van der Waals surface area contributed by atoms with Gasteiger partial charge >= 0.3 is 0 Å². The first-order chi connectivity index (χ1) is 8.85. The van der Waals surface area contributed by atoms with Crippen LogP contribution in [0.5, 0.6) is 5.75 Å². The molecule has 98 valence electrons. The molecule has 0 saturated carbocycles. The number of ether oxygens (including phenoxy) is 2. The third-order valence-electron chi connectivity index (χ3n) is 3.04. The Morgan fingerprint density at radius 3 is 3.00 bits per heavy atom. The molecule has 2 rings (SSSR count). The Hall–Kier alpha value is -1.48. The van der Waals surface area contributed by atoms with E-state index < -0.39 is 0 Å². The lowest BCUT2D eigenvalue weighted by Crippen LogP contribution is -2.24. The van der Waals surface area contributed by atoms with Crippen molar-refractivity contribution < 1.29 is 9.47 Å². The van der Waals surface area contributed by atoms with Crippen molar-refractivity contribution in [3.8, 4) is 5.75 Å². The molecule has 3 heteroatoms. The largest absolute Gasteiger partial charge is 0.497 e. The summed E-state index contributed by atoms with van der Waals surface area (Å²) in [6.07, 6.45) is 4.28. The van der Waals surface area contributed by atoms with E-state index in [0.717, 1.165) is 37.5 Å². The maximum atomic E-state index is 5.70. The van der Waals surface area contributed by atoms with Crippen LogP contribution in [0.15, 0.2) is 36.1 Å². The molecule has 1 N–H and O–H groups in total. The summed E-state index contributed by atoms with van der Waals surface area (Å²) in [6, 6.07) is 8.30. The quantitative estimate of drug-likeness (QED) is 0.838. The Morgan fingerprint density at radius 2 is 2.33 bits per heavy atom. The van der Waals surface area contributed by atoms with Crippen LogP contribution >= 0.6 is 0 Å². The van der Waals surface area contributed by atoms with E-state index in [4.69, 9.17) is 9.47 Å². The van der Waals surface area contributed by atoms with Crippen LogP contribution in [0.1, 0.15) is 31.4 Å². The van der Waals surface area contributed by atoms with E-state index in [1.54, 1.807) is 7.11 Å². The minimum atomic E-state index is 0.141. The SMILES string of the molecule is CCCNC(C1=CCCO1)c1cccc(OC)c1. The highest BCUT2D eigenvalue weighted by atomic mass is 16.5. The Labute approximate surface area is 109 Å². The van der Waals surface area contributed by atoms with Gasteiger partial charge in [-0.1, -0.05) is 19.1 Å². The maximum absolute atomic E-state index is 5.70. The summed E-state index contributed by atoms with van der Waals surface area (Å²) in [4.78, 5) is 0. The maximum Gasteiger partial charge on any atom is 0.119 e. The first-order valence-electron chi connectivity index (χ1n) is 6.55. The van der Waals surface area contributed by atoms with Crippen LogP contribution in [-0.4, -0.2) is 20.3 Å². The highest BCUT2D eigenvalue weighted by Crippen LogP contribution is 2.28.